The molecular formula is C14H14O3. The monoisotopic (exact) mass is 230 g/mol. The lowest BCUT2D eigenvalue weighted by atomic mass is 10.2. The lowest BCUT2D eigenvalue weighted by molar-refractivity contribution is -0.523. The Labute approximate surface area is 100 Å². The van der Waals surface area contributed by atoms with Gasteiger partial charge in [-0.25, -0.2) is 9.78 Å². The van der Waals surface area contributed by atoms with Crippen LogP contribution in [0.5, 0.6) is 0 Å². The predicted octanol–water partition coefficient (Wildman–Crippen LogP) is 3.27. The summed E-state index contributed by atoms with van der Waals surface area (Å²) in [4.78, 5) is 9.84. The van der Waals surface area contributed by atoms with E-state index in [-0.39, 0.29) is 0 Å². The van der Waals surface area contributed by atoms with Gasteiger partial charge in [-0.1, -0.05) is 65.7 Å². The van der Waals surface area contributed by atoms with Crippen molar-refractivity contribution in [3.63, 3.8) is 0 Å². The minimum atomic E-state index is 0.371. The Bertz CT molecular complexity index is 372. The topological polar surface area (TPSA) is 27.7 Å². The summed E-state index contributed by atoms with van der Waals surface area (Å²) in [6.07, 6.45) is 0. The molecule has 0 amide bonds. The maximum Gasteiger partial charge on any atom is 0.110 e. The van der Waals surface area contributed by atoms with E-state index < -0.39 is 0 Å². The first-order valence-electron chi connectivity index (χ1n) is 5.44. The molecule has 0 atom stereocenters. The molecule has 0 aromatic heterocycles. The molecule has 17 heavy (non-hydrogen) atoms. The quantitative estimate of drug-likeness (QED) is 0.433. The summed E-state index contributed by atoms with van der Waals surface area (Å²) in [6, 6.07) is 19.5. The van der Waals surface area contributed by atoms with Gasteiger partial charge in [0.2, 0.25) is 0 Å². The molecule has 2 aromatic carbocycles. The fraction of sp³-hybridized carbons (Fsp3) is 0.143. The second-order valence-electron chi connectivity index (χ2n) is 3.56. The molecule has 0 aliphatic heterocycles. The maximum atomic E-state index is 4.92. The summed E-state index contributed by atoms with van der Waals surface area (Å²) < 4.78 is 0. The lowest BCUT2D eigenvalue weighted by Crippen LogP contribution is -1.97. The van der Waals surface area contributed by atoms with Crippen LogP contribution in [0.3, 0.4) is 0 Å². The van der Waals surface area contributed by atoms with Crippen molar-refractivity contribution >= 4 is 0 Å². The highest BCUT2D eigenvalue weighted by Gasteiger charge is 1.95. The molecule has 0 aliphatic rings. The van der Waals surface area contributed by atoms with E-state index in [0.29, 0.717) is 13.2 Å². The van der Waals surface area contributed by atoms with Crippen LogP contribution >= 0.6 is 0 Å². The van der Waals surface area contributed by atoms with Crippen molar-refractivity contribution in [1.29, 1.82) is 0 Å². The van der Waals surface area contributed by atoms with Crippen molar-refractivity contribution in [2.24, 2.45) is 0 Å². The van der Waals surface area contributed by atoms with E-state index in [0.717, 1.165) is 11.1 Å². The number of rotatable bonds is 6. The van der Waals surface area contributed by atoms with Gasteiger partial charge in [-0.3, -0.25) is 0 Å². The molecule has 0 heterocycles. The van der Waals surface area contributed by atoms with Crippen LogP contribution in [0.4, 0.5) is 0 Å². The Hall–Kier alpha value is -1.68. The Kier molecular flexibility index (Phi) is 4.72. The van der Waals surface area contributed by atoms with Crippen LogP contribution in [0.15, 0.2) is 60.7 Å². The van der Waals surface area contributed by atoms with E-state index in [4.69, 9.17) is 9.78 Å². The third kappa shape index (κ3) is 4.36. The van der Waals surface area contributed by atoms with Crippen LogP contribution in [-0.2, 0) is 28.0 Å². The molecule has 3 heteroatoms. The first-order valence-corrected chi connectivity index (χ1v) is 5.44. The Balaban J connectivity index is 1.61. The smallest absolute Gasteiger partial charge is 0.110 e. The summed E-state index contributed by atoms with van der Waals surface area (Å²) in [5, 5.41) is 4.64. The molecule has 2 aromatic rings. The van der Waals surface area contributed by atoms with Gasteiger partial charge in [-0.05, 0) is 11.1 Å². The zero-order valence-corrected chi connectivity index (χ0v) is 9.41. The lowest BCUT2D eigenvalue weighted by Gasteiger charge is -2.03. The van der Waals surface area contributed by atoms with E-state index >= 15 is 0 Å². The van der Waals surface area contributed by atoms with Gasteiger partial charge in [-0.15, -0.1) is 0 Å². The molecule has 88 valence electrons. The molecule has 3 nitrogen and oxygen atoms in total. The van der Waals surface area contributed by atoms with Crippen molar-refractivity contribution in [3.8, 4) is 0 Å². The average Bonchev–Trinajstić information content (AvgIpc) is 2.41. The molecule has 0 saturated carbocycles. The molecule has 0 radical (unpaired) electrons. The molecular weight excluding hydrogens is 216 g/mol. The van der Waals surface area contributed by atoms with E-state index in [1.54, 1.807) is 0 Å². The van der Waals surface area contributed by atoms with Crippen LogP contribution in [0.2, 0.25) is 0 Å². The highest BCUT2D eigenvalue weighted by molar-refractivity contribution is 5.13. The minimum Gasteiger partial charge on any atom is -0.201 e. The van der Waals surface area contributed by atoms with Crippen molar-refractivity contribution in [1.82, 2.24) is 0 Å². The first kappa shape index (κ1) is 11.8. The summed E-state index contributed by atoms with van der Waals surface area (Å²) >= 11 is 0. The summed E-state index contributed by atoms with van der Waals surface area (Å²) in [5.41, 5.74) is 2.08. The fourth-order valence-electron chi connectivity index (χ4n) is 1.37. The van der Waals surface area contributed by atoms with Crippen LogP contribution < -0.4 is 0 Å². The van der Waals surface area contributed by atoms with Gasteiger partial charge in [0.25, 0.3) is 0 Å². The molecule has 0 unspecified atom stereocenters. The molecule has 2 rings (SSSR count). The molecule has 0 fully saturated rings. The van der Waals surface area contributed by atoms with E-state index in [1.165, 1.54) is 0 Å². The van der Waals surface area contributed by atoms with Crippen LogP contribution in [0.1, 0.15) is 11.1 Å². The van der Waals surface area contributed by atoms with Gasteiger partial charge >= 0.3 is 0 Å². The van der Waals surface area contributed by atoms with Crippen LogP contribution in [0.25, 0.3) is 0 Å². The second kappa shape index (κ2) is 6.81. The molecule has 0 saturated heterocycles. The number of hydrogen-bond acceptors (Lipinski definition) is 3. The van der Waals surface area contributed by atoms with Crippen molar-refractivity contribution in [2.45, 2.75) is 13.2 Å². The molecule has 0 spiro atoms. The fourth-order valence-corrected chi connectivity index (χ4v) is 1.37. The number of benzene rings is 2. The van der Waals surface area contributed by atoms with Crippen molar-refractivity contribution in [2.75, 3.05) is 0 Å². The number of hydrogen-bond donors (Lipinski definition) is 0. The Morgan fingerprint density at radius 3 is 1.41 bits per heavy atom. The Morgan fingerprint density at radius 1 is 0.588 bits per heavy atom. The Morgan fingerprint density at radius 2 is 1.00 bits per heavy atom. The highest BCUT2D eigenvalue weighted by Crippen LogP contribution is 2.03. The standard InChI is InChI=1S/C14H14O3/c1-3-7-13(8-4-1)11-15-17-16-12-14-9-5-2-6-10-14/h1-10H,11-12H2. The van der Waals surface area contributed by atoms with Crippen LogP contribution in [-0.4, -0.2) is 0 Å². The highest BCUT2D eigenvalue weighted by atomic mass is 17.5. The molecule has 0 bridgehead atoms. The average molecular weight is 230 g/mol. The third-order valence-corrected chi connectivity index (χ3v) is 2.23. The van der Waals surface area contributed by atoms with Crippen molar-refractivity contribution < 1.29 is 14.8 Å². The SMILES string of the molecule is c1ccc(COOOCc2ccccc2)cc1. The normalized spacial score (nSPS) is 10.4. The summed E-state index contributed by atoms with van der Waals surface area (Å²) in [5.74, 6) is 0. The molecule has 0 N–H and O–H groups in total. The molecule has 0 aliphatic carbocycles. The van der Waals surface area contributed by atoms with Gasteiger partial charge in [0.05, 0.1) is 0 Å². The third-order valence-electron chi connectivity index (χ3n) is 2.23. The van der Waals surface area contributed by atoms with E-state index in [1.807, 2.05) is 60.7 Å². The van der Waals surface area contributed by atoms with E-state index in [2.05, 4.69) is 5.04 Å². The first-order chi connectivity index (χ1) is 8.45. The van der Waals surface area contributed by atoms with Gasteiger partial charge in [0.15, 0.2) is 0 Å². The maximum absolute atomic E-state index is 4.92. The van der Waals surface area contributed by atoms with Gasteiger partial charge in [-0.2, -0.15) is 0 Å². The minimum absolute atomic E-state index is 0.371. The largest absolute Gasteiger partial charge is 0.201 e. The zero-order chi connectivity index (χ0) is 11.8. The van der Waals surface area contributed by atoms with Gasteiger partial charge < -0.3 is 0 Å². The van der Waals surface area contributed by atoms with E-state index in [9.17, 15) is 0 Å². The van der Waals surface area contributed by atoms with Gasteiger partial charge in [0.1, 0.15) is 13.2 Å². The van der Waals surface area contributed by atoms with Gasteiger partial charge in [0, 0.05) is 0 Å². The summed E-state index contributed by atoms with van der Waals surface area (Å²) in [6.45, 7) is 0.741. The summed E-state index contributed by atoms with van der Waals surface area (Å²) in [7, 11) is 0. The van der Waals surface area contributed by atoms with Crippen molar-refractivity contribution in [3.05, 3.63) is 71.8 Å². The zero-order valence-electron chi connectivity index (χ0n) is 9.41. The van der Waals surface area contributed by atoms with Crippen LogP contribution in [0, 0.1) is 0 Å². The second-order valence-corrected chi connectivity index (χ2v) is 3.56. The predicted molar refractivity (Wildman–Crippen MR) is 63.5 cm³/mol.